The summed E-state index contributed by atoms with van der Waals surface area (Å²) in [7, 11) is 0. The third-order valence-electron chi connectivity index (χ3n) is 5.04. The first-order chi connectivity index (χ1) is 13.3. The molecule has 1 aromatic heterocycles. The van der Waals surface area contributed by atoms with E-state index in [-0.39, 0.29) is 5.82 Å². The Kier molecular flexibility index (Phi) is 5.49. The Labute approximate surface area is 159 Å². The molecular weight excluding hydrogens is 341 g/mol. The molecular formula is C22H24FN3O. The van der Waals surface area contributed by atoms with Gasteiger partial charge in [0.05, 0.1) is 18.3 Å². The fourth-order valence-electron chi connectivity index (χ4n) is 3.66. The van der Waals surface area contributed by atoms with Crippen molar-refractivity contribution in [2.45, 2.75) is 31.8 Å². The molecule has 140 valence electrons. The Hall–Kier alpha value is -2.66. The summed E-state index contributed by atoms with van der Waals surface area (Å²) in [5.41, 5.74) is 3.52. The Morgan fingerprint density at radius 1 is 1.11 bits per heavy atom. The maximum Gasteiger partial charge on any atom is 0.123 e. The van der Waals surface area contributed by atoms with Gasteiger partial charge < -0.3 is 4.74 Å². The summed E-state index contributed by atoms with van der Waals surface area (Å²) in [4.78, 5) is 2.50. The fourth-order valence-corrected chi connectivity index (χ4v) is 3.66. The molecule has 2 heterocycles. The van der Waals surface area contributed by atoms with Crippen LogP contribution in [0.25, 0.3) is 0 Å². The third kappa shape index (κ3) is 4.55. The molecule has 1 fully saturated rings. The van der Waals surface area contributed by atoms with Crippen molar-refractivity contribution in [1.29, 1.82) is 0 Å². The van der Waals surface area contributed by atoms with Crippen molar-refractivity contribution in [3.05, 3.63) is 83.4 Å². The number of aromatic nitrogens is 2. The van der Waals surface area contributed by atoms with Crippen molar-refractivity contribution in [3.63, 3.8) is 0 Å². The summed E-state index contributed by atoms with van der Waals surface area (Å²) in [5.74, 6) is 0.429. The second-order valence-corrected chi connectivity index (χ2v) is 6.98. The predicted molar refractivity (Wildman–Crippen MR) is 103 cm³/mol. The third-order valence-corrected chi connectivity index (χ3v) is 5.04. The van der Waals surface area contributed by atoms with Crippen LogP contribution in [0.15, 0.2) is 60.7 Å². The smallest absolute Gasteiger partial charge is 0.123 e. The number of nitrogens with zero attached hydrogens (tertiary/aromatic N) is 2. The molecule has 0 unspecified atom stereocenters. The summed E-state index contributed by atoms with van der Waals surface area (Å²) >= 11 is 0. The van der Waals surface area contributed by atoms with Gasteiger partial charge in [-0.1, -0.05) is 30.3 Å². The number of likely N-dealkylation sites (tertiary alicyclic amines) is 1. The highest BCUT2D eigenvalue weighted by atomic mass is 19.1. The number of rotatable bonds is 7. The van der Waals surface area contributed by atoms with Crippen molar-refractivity contribution in [2.75, 3.05) is 13.2 Å². The van der Waals surface area contributed by atoms with E-state index in [1.54, 1.807) is 12.1 Å². The first kappa shape index (κ1) is 17.7. The number of aromatic amines is 1. The number of halogens is 1. The highest BCUT2D eigenvalue weighted by molar-refractivity contribution is 5.22. The van der Waals surface area contributed by atoms with Gasteiger partial charge in [-0.2, -0.15) is 5.10 Å². The summed E-state index contributed by atoms with van der Waals surface area (Å²) in [6.45, 7) is 2.60. The van der Waals surface area contributed by atoms with Gasteiger partial charge in [0.2, 0.25) is 0 Å². The molecule has 0 amide bonds. The van der Waals surface area contributed by atoms with Gasteiger partial charge in [-0.05, 0) is 55.3 Å². The van der Waals surface area contributed by atoms with Gasteiger partial charge in [-0.25, -0.2) is 4.39 Å². The molecule has 0 aliphatic carbocycles. The van der Waals surface area contributed by atoms with Gasteiger partial charge in [0.25, 0.3) is 0 Å². The molecule has 4 rings (SSSR count). The zero-order chi connectivity index (χ0) is 18.5. The SMILES string of the molecule is Fc1ccc(OCCc2cc([C@@H]3CCCN3Cc3ccccc3)n[nH]2)cc1. The lowest BCUT2D eigenvalue weighted by molar-refractivity contribution is 0.244. The van der Waals surface area contributed by atoms with E-state index >= 15 is 0 Å². The summed E-state index contributed by atoms with van der Waals surface area (Å²) in [6, 6.07) is 19.2. The zero-order valence-electron chi connectivity index (χ0n) is 15.3. The minimum Gasteiger partial charge on any atom is -0.493 e. The molecule has 0 radical (unpaired) electrons. The molecule has 4 nitrogen and oxygen atoms in total. The molecule has 1 N–H and O–H groups in total. The van der Waals surface area contributed by atoms with Crippen molar-refractivity contribution < 1.29 is 9.13 Å². The van der Waals surface area contributed by atoms with Crippen LogP contribution in [0.4, 0.5) is 4.39 Å². The van der Waals surface area contributed by atoms with Gasteiger partial charge in [0, 0.05) is 18.7 Å². The second kappa shape index (κ2) is 8.35. The van der Waals surface area contributed by atoms with Crippen molar-refractivity contribution in [3.8, 4) is 5.75 Å². The van der Waals surface area contributed by atoms with Gasteiger partial charge in [-0.3, -0.25) is 10.00 Å². The Morgan fingerprint density at radius 3 is 2.74 bits per heavy atom. The Morgan fingerprint density at radius 2 is 1.93 bits per heavy atom. The van der Waals surface area contributed by atoms with Crippen LogP contribution in [0, 0.1) is 5.82 Å². The molecule has 2 aromatic carbocycles. The summed E-state index contributed by atoms with van der Waals surface area (Å²) < 4.78 is 18.6. The number of nitrogens with one attached hydrogen (secondary N) is 1. The molecule has 0 bridgehead atoms. The largest absolute Gasteiger partial charge is 0.493 e. The van der Waals surface area contributed by atoms with Crippen LogP contribution in [0.2, 0.25) is 0 Å². The number of ether oxygens (including phenoxy) is 1. The number of hydrogen-bond acceptors (Lipinski definition) is 3. The summed E-state index contributed by atoms with van der Waals surface area (Å²) in [5, 5.41) is 7.70. The van der Waals surface area contributed by atoms with Crippen LogP contribution in [0.5, 0.6) is 5.75 Å². The molecule has 3 aromatic rings. The predicted octanol–water partition coefficient (Wildman–Crippen LogP) is 4.51. The second-order valence-electron chi connectivity index (χ2n) is 6.98. The van der Waals surface area contributed by atoms with Gasteiger partial charge in [0.15, 0.2) is 0 Å². The molecule has 1 saturated heterocycles. The molecule has 0 saturated carbocycles. The number of H-pyrrole nitrogens is 1. The fraction of sp³-hybridized carbons (Fsp3) is 0.318. The van der Waals surface area contributed by atoms with E-state index in [4.69, 9.17) is 4.74 Å². The lowest BCUT2D eigenvalue weighted by atomic mass is 10.1. The molecule has 0 spiro atoms. The van der Waals surface area contributed by atoms with Crippen molar-refractivity contribution in [2.24, 2.45) is 0 Å². The van der Waals surface area contributed by atoms with E-state index < -0.39 is 0 Å². The summed E-state index contributed by atoms with van der Waals surface area (Å²) in [6.07, 6.45) is 3.09. The lowest BCUT2D eigenvalue weighted by Gasteiger charge is -2.22. The average molecular weight is 365 g/mol. The van der Waals surface area contributed by atoms with Gasteiger partial charge in [-0.15, -0.1) is 0 Å². The lowest BCUT2D eigenvalue weighted by Crippen LogP contribution is -2.23. The highest BCUT2D eigenvalue weighted by Crippen LogP contribution is 2.32. The van der Waals surface area contributed by atoms with E-state index in [1.807, 2.05) is 0 Å². The van der Waals surface area contributed by atoms with Crippen LogP contribution < -0.4 is 4.74 Å². The van der Waals surface area contributed by atoms with E-state index in [0.717, 1.165) is 37.3 Å². The Bertz CT molecular complexity index is 848. The molecule has 1 aliphatic heterocycles. The normalized spacial score (nSPS) is 17.3. The standard InChI is InChI=1S/C22H24FN3O/c23-18-8-10-20(11-9-18)27-14-12-19-15-21(25-24-19)22-7-4-13-26(22)16-17-5-2-1-3-6-17/h1-3,5-6,8-11,15,22H,4,7,12-14,16H2,(H,24,25)/t22-/m0/s1. The van der Waals surface area contributed by atoms with Crippen LogP contribution in [-0.2, 0) is 13.0 Å². The van der Waals surface area contributed by atoms with E-state index in [0.29, 0.717) is 18.4 Å². The number of hydrogen-bond donors (Lipinski definition) is 1. The minimum absolute atomic E-state index is 0.253. The topological polar surface area (TPSA) is 41.1 Å². The first-order valence-corrected chi connectivity index (χ1v) is 9.48. The van der Waals surface area contributed by atoms with Gasteiger partial charge in [0.1, 0.15) is 11.6 Å². The quantitative estimate of drug-likeness (QED) is 0.670. The van der Waals surface area contributed by atoms with Crippen LogP contribution >= 0.6 is 0 Å². The first-order valence-electron chi connectivity index (χ1n) is 9.48. The highest BCUT2D eigenvalue weighted by Gasteiger charge is 2.27. The molecule has 1 atom stereocenters. The average Bonchev–Trinajstić information content (AvgIpc) is 3.33. The van der Waals surface area contributed by atoms with Crippen LogP contribution in [0.3, 0.4) is 0 Å². The van der Waals surface area contributed by atoms with Crippen LogP contribution in [-0.4, -0.2) is 28.2 Å². The minimum atomic E-state index is -0.253. The van der Waals surface area contributed by atoms with Gasteiger partial charge >= 0.3 is 0 Å². The van der Waals surface area contributed by atoms with E-state index in [9.17, 15) is 4.39 Å². The van der Waals surface area contributed by atoms with Crippen molar-refractivity contribution >= 4 is 0 Å². The zero-order valence-corrected chi connectivity index (χ0v) is 15.3. The molecule has 5 heteroatoms. The molecule has 27 heavy (non-hydrogen) atoms. The van der Waals surface area contributed by atoms with Crippen molar-refractivity contribution in [1.82, 2.24) is 15.1 Å². The van der Waals surface area contributed by atoms with E-state index in [1.165, 1.54) is 24.1 Å². The monoisotopic (exact) mass is 365 g/mol. The maximum atomic E-state index is 12.9. The van der Waals surface area contributed by atoms with Crippen LogP contribution in [0.1, 0.15) is 35.8 Å². The number of benzene rings is 2. The Balaban J connectivity index is 1.33. The van der Waals surface area contributed by atoms with E-state index in [2.05, 4.69) is 51.5 Å². The maximum absolute atomic E-state index is 12.9. The molecule has 1 aliphatic rings.